The highest BCUT2D eigenvalue weighted by Gasteiger charge is 2.52. The van der Waals surface area contributed by atoms with Crippen molar-refractivity contribution in [2.24, 2.45) is 0 Å². The average Bonchev–Trinajstić information content (AvgIpc) is 3.38. The van der Waals surface area contributed by atoms with Crippen LogP contribution in [0.4, 0.5) is 32.0 Å². The molecule has 2 aliphatic rings. The third-order valence-electron chi connectivity index (χ3n) is 7.69. The van der Waals surface area contributed by atoms with Crippen molar-refractivity contribution in [1.82, 2.24) is 15.0 Å². The normalized spacial score (nSPS) is 19.1. The van der Waals surface area contributed by atoms with Gasteiger partial charge in [0.2, 0.25) is 0 Å². The van der Waals surface area contributed by atoms with Crippen molar-refractivity contribution in [2.75, 3.05) is 11.9 Å². The molecule has 2 N–H and O–H groups in total. The van der Waals surface area contributed by atoms with Gasteiger partial charge >= 0.3 is 12.4 Å². The number of nitrogens with one attached hydrogen (secondary N) is 1. The Balaban J connectivity index is 1.52. The number of halogens is 6. The van der Waals surface area contributed by atoms with E-state index in [9.17, 15) is 41.0 Å². The van der Waals surface area contributed by atoms with Crippen LogP contribution in [0, 0.1) is 11.3 Å². The Morgan fingerprint density at radius 2 is 1.77 bits per heavy atom. The topological polar surface area (TPSA) is 110 Å². The molecule has 44 heavy (non-hydrogen) atoms. The largest absolute Gasteiger partial charge is 0.509 e. The van der Waals surface area contributed by atoms with Crippen LogP contribution in [0.5, 0.6) is 0 Å². The Morgan fingerprint density at radius 3 is 2.36 bits per heavy atom. The van der Waals surface area contributed by atoms with Crippen molar-refractivity contribution in [3.8, 4) is 17.2 Å². The van der Waals surface area contributed by atoms with E-state index in [0.29, 0.717) is 48.7 Å². The monoisotopic (exact) mass is 615 g/mol. The number of hydrogen-bond acceptors (Lipinski definition) is 6. The number of amides is 2. The molecule has 1 saturated heterocycles. The number of nitrogens with zero attached hydrogens (tertiary/aromatic N) is 4. The SMILES string of the molecule is C[C@]12CCCN1N(Cc1ccc(C#N)cc1)C(=O)C(C(=O)Nc1ccc(C(F)(F)F)cc1-c1ccc(C(F)(F)F)nc1)=C2O. The molecule has 8 nitrogen and oxygen atoms in total. The fourth-order valence-corrected chi connectivity index (χ4v) is 5.38. The number of nitriles is 1. The molecule has 1 fully saturated rings. The van der Waals surface area contributed by atoms with Crippen LogP contribution in [-0.2, 0) is 28.5 Å². The van der Waals surface area contributed by atoms with Crippen molar-refractivity contribution in [3.63, 3.8) is 0 Å². The number of carbonyl (C=O) groups excluding carboxylic acids is 2. The Labute approximate surface area is 246 Å². The Morgan fingerprint density at radius 1 is 1.07 bits per heavy atom. The number of pyridine rings is 1. The molecule has 2 aliphatic heterocycles. The molecule has 0 spiro atoms. The van der Waals surface area contributed by atoms with Crippen LogP contribution in [0.2, 0.25) is 0 Å². The zero-order chi connectivity index (χ0) is 32.0. The van der Waals surface area contributed by atoms with Gasteiger partial charge in [-0.3, -0.25) is 19.6 Å². The van der Waals surface area contributed by atoms with Crippen LogP contribution in [0.1, 0.15) is 42.1 Å². The summed E-state index contributed by atoms with van der Waals surface area (Å²) in [7, 11) is 0. The molecule has 14 heteroatoms. The molecule has 1 aromatic heterocycles. The predicted octanol–water partition coefficient (Wildman–Crippen LogP) is 6.22. The van der Waals surface area contributed by atoms with E-state index in [-0.39, 0.29) is 23.4 Å². The predicted molar refractivity (Wildman–Crippen MR) is 144 cm³/mol. The molecule has 228 valence electrons. The standard InChI is InChI=1S/C30H23F6N5O3/c1-28-11-2-12-41(28)40(16-18-5-3-17(14-37)4-6-18)27(44)24(25(28)42)26(43)39-22-9-8-20(29(31,32)33)13-21(22)19-7-10-23(38-15-19)30(34,35)36/h3-10,13,15,42H,2,11-12,16H2,1H3,(H,39,43)/t28-/m1/s1. The lowest BCUT2D eigenvalue weighted by molar-refractivity contribution is -0.160. The summed E-state index contributed by atoms with van der Waals surface area (Å²) in [5, 5.41) is 25.7. The Hall–Kier alpha value is -4.90. The highest BCUT2D eigenvalue weighted by atomic mass is 19.4. The van der Waals surface area contributed by atoms with Gasteiger partial charge in [-0.05, 0) is 61.7 Å². The van der Waals surface area contributed by atoms with Crippen LogP contribution in [0.3, 0.4) is 0 Å². The van der Waals surface area contributed by atoms with Crippen LogP contribution in [0.25, 0.3) is 11.1 Å². The number of fused-ring (bicyclic) bond motifs is 1. The van der Waals surface area contributed by atoms with Crippen LogP contribution in [-0.4, -0.2) is 44.0 Å². The maximum absolute atomic E-state index is 13.7. The second-order valence-electron chi connectivity index (χ2n) is 10.5. The molecule has 5 rings (SSSR count). The van der Waals surface area contributed by atoms with E-state index in [2.05, 4.69) is 10.3 Å². The molecule has 3 heterocycles. The van der Waals surface area contributed by atoms with E-state index in [4.69, 9.17) is 5.26 Å². The summed E-state index contributed by atoms with van der Waals surface area (Å²) in [4.78, 5) is 30.7. The lowest BCUT2D eigenvalue weighted by Crippen LogP contribution is -2.60. The zero-order valence-corrected chi connectivity index (χ0v) is 22.9. The molecule has 2 aromatic carbocycles. The summed E-state index contributed by atoms with van der Waals surface area (Å²) in [6.07, 6.45) is -7.91. The third-order valence-corrected chi connectivity index (χ3v) is 7.69. The number of aliphatic hydroxyl groups excluding tert-OH is 1. The quantitative estimate of drug-likeness (QED) is 0.261. The van der Waals surface area contributed by atoms with Crippen LogP contribution in [0.15, 0.2) is 72.1 Å². The number of aliphatic hydroxyl groups is 1. The van der Waals surface area contributed by atoms with Gasteiger partial charge in [-0.1, -0.05) is 18.2 Å². The smallest absolute Gasteiger partial charge is 0.433 e. The molecule has 2 amide bonds. The highest BCUT2D eigenvalue weighted by molar-refractivity contribution is 6.24. The van der Waals surface area contributed by atoms with E-state index in [1.165, 1.54) is 5.01 Å². The number of rotatable bonds is 5. The van der Waals surface area contributed by atoms with E-state index >= 15 is 0 Å². The maximum atomic E-state index is 13.7. The summed E-state index contributed by atoms with van der Waals surface area (Å²) >= 11 is 0. The first-order valence-corrected chi connectivity index (χ1v) is 13.2. The Bertz CT molecular complexity index is 1690. The second-order valence-corrected chi connectivity index (χ2v) is 10.5. The molecule has 0 saturated carbocycles. The fraction of sp³-hybridized carbons (Fsp3) is 0.267. The lowest BCUT2D eigenvalue weighted by Gasteiger charge is -2.46. The summed E-state index contributed by atoms with van der Waals surface area (Å²) in [6, 6.07) is 12.2. The molecule has 1 atom stereocenters. The van der Waals surface area contributed by atoms with Gasteiger partial charge in [0.1, 0.15) is 17.0 Å². The molecule has 0 unspecified atom stereocenters. The molecular weight excluding hydrogens is 592 g/mol. The Kier molecular flexibility index (Phi) is 7.63. The van der Waals surface area contributed by atoms with E-state index < -0.39 is 52.3 Å². The highest BCUT2D eigenvalue weighted by Crippen LogP contribution is 2.42. The minimum Gasteiger partial charge on any atom is -0.509 e. The van der Waals surface area contributed by atoms with Crippen molar-refractivity contribution in [2.45, 2.75) is 44.2 Å². The van der Waals surface area contributed by atoms with Gasteiger partial charge in [0, 0.05) is 29.6 Å². The minimum atomic E-state index is -4.82. The van der Waals surface area contributed by atoms with Crippen molar-refractivity contribution in [3.05, 3.63) is 94.5 Å². The molecule has 0 bridgehead atoms. The van der Waals surface area contributed by atoms with Gasteiger partial charge < -0.3 is 10.4 Å². The third kappa shape index (κ3) is 5.58. The first-order valence-electron chi connectivity index (χ1n) is 13.2. The average molecular weight is 616 g/mol. The number of carbonyl (C=O) groups is 2. The van der Waals surface area contributed by atoms with E-state index in [1.807, 2.05) is 6.07 Å². The second kappa shape index (κ2) is 11.0. The van der Waals surface area contributed by atoms with Crippen molar-refractivity contribution >= 4 is 17.5 Å². The van der Waals surface area contributed by atoms with Gasteiger partial charge in [0.25, 0.3) is 11.8 Å². The zero-order valence-electron chi connectivity index (χ0n) is 22.9. The van der Waals surface area contributed by atoms with Crippen LogP contribution >= 0.6 is 0 Å². The fourth-order valence-electron chi connectivity index (χ4n) is 5.38. The van der Waals surface area contributed by atoms with Crippen molar-refractivity contribution in [1.29, 1.82) is 5.26 Å². The van der Waals surface area contributed by atoms with Gasteiger partial charge in [0.15, 0.2) is 0 Å². The van der Waals surface area contributed by atoms with Crippen molar-refractivity contribution < 1.29 is 41.0 Å². The number of aromatic nitrogens is 1. The molecule has 3 aromatic rings. The number of alkyl halides is 6. The van der Waals surface area contributed by atoms with Gasteiger partial charge in [-0.15, -0.1) is 0 Å². The summed E-state index contributed by atoms with van der Waals surface area (Å²) < 4.78 is 79.8. The minimum absolute atomic E-state index is 0.00700. The first kappa shape index (κ1) is 30.6. The number of hydrazine groups is 1. The van der Waals surface area contributed by atoms with E-state index in [0.717, 1.165) is 18.3 Å². The molecule has 0 radical (unpaired) electrons. The molecular formula is C30H23F6N5O3. The molecule has 0 aliphatic carbocycles. The van der Waals surface area contributed by atoms with E-state index in [1.54, 1.807) is 36.2 Å². The summed E-state index contributed by atoms with van der Waals surface area (Å²) in [6.45, 7) is 2.03. The lowest BCUT2D eigenvalue weighted by atomic mass is 9.90. The van der Waals surface area contributed by atoms with Gasteiger partial charge in [-0.25, -0.2) is 5.01 Å². The number of benzene rings is 2. The summed E-state index contributed by atoms with van der Waals surface area (Å²) in [5.74, 6) is -2.50. The van der Waals surface area contributed by atoms with Gasteiger partial charge in [-0.2, -0.15) is 31.6 Å². The van der Waals surface area contributed by atoms with Crippen LogP contribution < -0.4 is 5.32 Å². The first-order chi connectivity index (χ1) is 20.6. The summed E-state index contributed by atoms with van der Waals surface area (Å²) in [5.41, 5.74) is -3.86. The maximum Gasteiger partial charge on any atom is 0.433 e. The number of hydrogen-bond donors (Lipinski definition) is 2. The van der Waals surface area contributed by atoms with Gasteiger partial charge in [0.05, 0.1) is 29.3 Å². The number of anilines is 1.